The van der Waals surface area contributed by atoms with Crippen LogP contribution in [0.1, 0.15) is 66.2 Å². The smallest absolute Gasteiger partial charge is 0.410 e. The number of hydrogen-bond acceptors (Lipinski definition) is 2. The molecule has 1 unspecified atom stereocenters. The maximum absolute atomic E-state index is 11.9. The van der Waals surface area contributed by atoms with E-state index < -0.39 is 5.60 Å². The van der Waals surface area contributed by atoms with Crippen LogP contribution in [0.2, 0.25) is 0 Å². The Balaban J connectivity index is 2.22. The van der Waals surface area contributed by atoms with Gasteiger partial charge in [-0.3, -0.25) is 0 Å². The summed E-state index contributed by atoms with van der Waals surface area (Å²) in [5, 5.41) is 0. The van der Waals surface area contributed by atoms with Gasteiger partial charge in [0.05, 0.1) is 0 Å². The van der Waals surface area contributed by atoms with Gasteiger partial charge in [0.15, 0.2) is 0 Å². The van der Waals surface area contributed by atoms with Crippen LogP contribution >= 0.6 is 0 Å². The Bertz CT molecular complexity index is 317. The molecule has 0 spiro atoms. The number of unbranched alkanes of at least 4 members (excludes halogenated alkanes) is 4. The quantitative estimate of drug-likeness (QED) is 0.518. The Kier molecular flexibility index (Phi) is 7.11. The maximum Gasteiger partial charge on any atom is 0.410 e. The Labute approximate surface area is 124 Å². The summed E-state index contributed by atoms with van der Waals surface area (Å²) < 4.78 is 5.40. The van der Waals surface area contributed by atoms with Gasteiger partial charge in [0, 0.05) is 13.1 Å². The van der Waals surface area contributed by atoms with Crippen LogP contribution in [-0.4, -0.2) is 29.7 Å². The summed E-state index contributed by atoms with van der Waals surface area (Å²) in [6.45, 7) is 9.59. The third-order valence-corrected chi connectivity index (χ3v) is 3.51. The number of rotatable bonds is 6. The molecule has 0 aromatic carbocycles. The minimum Gasteiger partial charge on any atom is -0.444 e. The van der Waals surface area contributed by atoms with Crippen LogP contribution in [0, 0.1) is 5.92 Å². The molecule has 116 valence electrons. The number of allylic oxidation sites excluding steroid dienone is 1. The molecule has 0 saturated carbocycles. The van der Waals surface area contributed by atoms with E-state index in [1.165, 1.54) is 32.1 Å². The highest BCUT2D eigenvalue weighted by molar-refractivity contribution is 5.68. The average Bonchev–Trinajstić information content (AvgIpc) is 2.80. The molecule has 3 heteroatoms. The summed E-state index contributed by atoms with van der Waals surface area (Å²) in [5.74, 6) is 0.508. The molecule has 3 nitrogen and oxygen atoms in total. The molecule has 0 aromatic heterocycles. The summed E-state index contributed by atoms with van der Waals surface area (Å²) in [6.07, 6.45) is 11.9. The highest BCUT2D eigenvalue weighted by atomic mass is 16.6. The molecule has 0 radical (unpaired) electrons. The van der Waals surface area contributed by atoms with E-state index in [4.69, 9.17) is 4.74 Å². The minimum absolute atomic E-state index is 0.170. The number of ether oxygens (including phenoxy) is 1. The molecule has 0 bridgehead atoms. The topological polar surface area (TPSA) is 29.5 Å². The van der Waals surface area contributed by atoms with Gasteiger partial charge in [0.25, 0.3) is 0 Å². The minimum atomic E-state index is -0.399. The monoisotopic (exact) mass is 281 g/mol. The van der Waals surface area contributed by atoms with Gasteiger partial charge in [-0.2, -0.15) is 0 Å². The highest BCUT2D eigenvalue weighted by Gasteiger charge is 2.28. The zero-order valence-corrected chi connectivity index (χ0v) is 13.7. The Morgan fingerprint density at radius 3 is 2.70 bits per heavy atom. The van der Waals surface area contributed by atoms with Crippen molar-refractivity contribution >= 4 is 6.09 Å². The third kappa shape index (κ3) is 6.97. The summed E-state index contributed by atoms with van der Waals surface area (Å²) >= 11 is 0. The Morgan fingerprint density at radius 2 is 2.05 bits per heavy atom. The molecule has 1 rings (SSSR count). The van der Waals surface area contributed by atoms with Gasteiger partial charge in [0.2, 0.25) is 0 Å². The number of amides is 1. The third-order valence-electron chi connectivity index (χ3n) is 3.51. The number of nitrogens with zero attached hydrogens (tertiary/aromatic N) is 1. The van der Waals surface area contributed by atoms with Gasteiger partial charge in [-0.1, -0.05) is 38.3 Å². The first-order valence-electron chi connectivity index (χ1n) is 8.07. The number of hydrogen-bond donors (Lipinski definition) is 0. The summed E-state index contributed by atoms with van der Waals surface area (Å²) in [4.78, 5) is 13.8. The van der Waals surface area contributed by atoms with Crippen LogP contribution in [0.5, 0.6) is 0 Å². The van der Waals surface area contributed by atoms with E-state index in [0.29, 0.717) is 5.92 Å². The standard InChI is InChI=1S/C17H31NO2/c1-5-6-7-8-9-10-11-15-12-13-18(14-15)16(19)20-17(2,3)4/h10-11,15H,5-9,12-14H2,1-4H3. The second-order valence-electron chi connectivity index (χ2n) is 6.75. The first-order valence-corrected chi connectivity index (χ1v) is 8.07. The van der Waals surface area contributed by atoms with Gasteiger partial charge in [-0.25, -0.2) is 4.79 Å². The summed E-state index contributed by atoms with van der Waals surface area (Å²) in [7, 11) is 0. The molecule has 0 N–H and O–H groups in total. The van der Waals surface area contributed by atoms with Gasteiger partial charge in [0.1, 0.15) is 5.60 Å². The van der Waals surface area contributed by atoms with E-state index in [1.54, 1.807) is 0 Å². The first kappa shape index (κ1) is 17.1. The lowest BCUT2D eigenvalue weighted by molar-refractivity contribution is 0.0291. The highest BCUT2D eigenvalue weighted by Crippen LogP contribution is 2.20. The lowest BCUT2D eigenvalue weighted by atomic mass is 10.1. The van der Waals surface area contributed by atoms with E-state index in [1.807, 2.05) is 25.7 Å². The van der Waals surface area contributed by atoms with Crippen molar-refractivity contribution < 1.29 is 9.53 Å². The van der Waals surface area contributed by atoms with E-state index in [-0.39, 0.29) is 6.09 Å². The second-order valence-corrected chi connectivity index (χ2v) is 6.75. The Morgan fingerprint density at radius 1 is 1.30 bits per heavy atom. The Hall–Kier alpha value is -0.990. The van der Waals surface area contributed by atoms with Gasteiger partial charge >= 0.3 is 6.09 Å². The van der Waals surface area contributed by atoms with Crippen molar-refractivity contribution in [3.63, 3.8) is 0 Å². The van der Waals surface area contributed by atoms with Crippen LogP contribution in [0.4, 0.5) is 4.79 Å². The van der Waals surface area contributed by atoms with Crippen LogP contribution in [0.3, 0.4) is 0 Å². The summed E-state index contributed by atoms with van der Waals surface area (Å²) in [5.41, 5.74) is -0.399. The lowest BCUT2D eigenvalue weighted by Crippen LogP contribution is -2.35. The van der Waals surface area contributed by atoms with Crippen molar-refractivity contribution in [2.45, 2.75) is 71.8 Å². The van der Waals surface area contributed by atoms with E-state index in [9.17, 15) is 4.79 Å². The molecule has 1 aliphatic heterocycles. The average molecular weight is 281 g/mol. The molecule has 1 fully saturated rings. The van der Waals surface area contributed by atoms with E-state index >= 15 is 0 Å². The second kappa shape index (κ2) is 8.33. The zero-order chi connectivity index (χ0) is 15.0. The molecular formula is C17H31NO2. The zero-order valence-electron chi connectivity index (χ0n) is 13.7. The van der Waals surface area contributed by atoms with Crippen molar-refractivity contribution in [1.29, 1.82) is 0 Å². The fourth-order valence-electron chi connectivity index (χ4n) is 2.41. The molecule has 1 aliphatic rings. The van der Waals surface area contributed by atoms with Crippen molar-refractivity contribution in [2.24, 2.45) is 5.92 Å². The predicted molar refractivity (Wildman–Crippen MR) is 83.8 cm³/mol. The molecule has 1 saturated heterocycles. The van der Waals surface area contributed by atoms with Crippen LogP contribution in [-0.2, 0) is 4.74 Å². The number of carbonyl (C=O) groups is 1. The van der Waals surface area contributed by atoms with Crippen molar-refractivity contribution in [3.05, 3.63) is 12.2 Å². The number of likely N-dealkylation sites (tertiary alicyclic amines) is 1. The SMILES string of the molecule is CCCCCCC=CC1CCN(C(=O)OC(C)(C)C)C1. The van der Waals surface area contributed by atoms with Crippen molar-refractivity contribution in [3.8, 4) is 0 Å². The van der Waals surface area contributed by atoms with Crippen molar-refractivity contribution in [2.75, 3.05) is 13.1 Å². The fraction of sp³-hybridized carbons (Fsp3) is 0.824. The van der Waals surface area contributed by atoms with E-state index in [2.05, 4.69) is 19.1 Å². The van der Waals surface area contributed by atoms with Crippen LogP contribution in [0.15, 0.2) is 12.2 Å². The van der Waals surface area contributed by atoms with E-state index in [0.717, 1.165) is 19.5 Å². The maximum atomic E-state index is 11.9. The molecular weight excluding hydrogens is 250 g/mol. The molecule has 0 aliphatic carbocycles. The first-order chi connectivity index (χ1) is 9.42. The molecule has 1 amide bonds. The van der Waals surface area contributed by atoms with Gasteiger partial charge < -0.3 is 9.64 Å². The molecule has 1 heterocycles. The molecule has 20 heavy (non-hydrogen) atoms. The van der Waals surface area contributed by atoms with Gasteiger partial charge in [-0.05, 0) is 46.0 Å². The molecule has 1 atom stereocenters. The normalized spacial score (nSPS) is 19.8. The lowest BCUT2D eigenvalue weighted by Gasteiger charge is -2.24. The number of carbonyl (C=O) groups excluding carboxylic acids is 1. The van der Waals surface area contributed by atoms with Gasteiger partial charge in [-0.15, -0.1) is 0 Å². The molecule has 0 aromatic rings. The van der Waals surface area contributed by atoms with Crippen molar-refractivity contribution in [1.82, 2.24) is 4.90 Å². The van der Waals surface area contributed by atoms with Crippen LogP contribution in [0.25, 0.3) is 0 Å². The fourth-order valence-corrected chi connectivity index (χ4v) is 2.41. The summed E-state index contributed by atoms with van der Waals surface area (Å²) in [6, 6.07) is 0. The van der Waals surface area contributed by atoms with Crippen LogP contribution < -0.4 is 0 Å². The predicted octanol–water partition coefficient (Wildman–Crippen LogP) is 4.77. The largest absolute Gasteiger partial charge is 0.444 e.